The van der Waals surface area contributed by atoms with E-state index in [4.69, 9.17) is 9.47 Å². The molecule has 0 aliphatic carbocycles. The molecule has 0 bridgehead atoms. The molecule has 1 amide bonds. The highest BCUT2D eigenvalue weighted by molar-refractivity contribution is 6.02. The summed E-state index contributed by atoms with van der Waals surface area (Å²) in [6, 6.07) is 5.51. The quantitative estimate of drug-likeness (QED) is 0.652. The smallest absolute Gasteiger partial charge is 0.340 e. The number of ether oxygens (including phenoxy) is 2. The van der Waals surface area contributed by atoms with Gasteiger partial charge in [-0.3, -0.25) is 4.79 Å². The van der Waals surface area contributed by atoms with Crippen molar-refractivity contribution in [3.05, 3.63) is 23.8 Å². The van der Waals surface area contributed by atoms with Gasteiger partial charge in [-0.05, 0) is 56.5 Å². The molecule has 2 aliphatic heterocycles. The average Bonchev–Trinajstić information content (AvgIpc) is 2.73. The fraction of sp³-hybridized carbons (Fsp3) is 0.600. The molecule has 3 rings (SSSR count). The highest BCUT2D eigenvalue weighted by Gasteiger charge is 2.19. The average molecular weight is 448 g/mol. The first kappa shape index (κ1) is 25.5. The van der Waals surface area contributed by atoms with Crippen molar-refractivity contribution >= 4 is 48.1 Å². The number of carbonyl (C=O) groups is 2. The van der Waals surface area contributed by atoms with Gasteiger partial charge in [-0.15, -0.1) is 24.8 Å². The van der Waals surface area contributed by atoms with Crippen LogP contribution in [0, 0.1) is 5.92 Å². The van der Waals surface area contributed by atoms with E-state index in [1.807, 2.05) is 6.07 Å². The van der Waals surface area contributed by atoms with Crippen molar-refractivity contribution in [2.75, 3.05) is 56.7 Å². The Morgan fingerprint density at radius 1 is 1.21 bits per heavy atom. The number of carbonyl (C=O) groups excluding carboxylic acids is 2. The van der Waals surface area contributed by atoms with Crippen LogP contribution in [0.3, 0.4) is 0 Å². The number of hydrogen-bond acceptors (Lipinski definition) is 6. The van der Waals surface area contributed by atoms with Gasteiger partial charge in [0.1, 0.15) is 0 Å². The van der Waals surface area contributed by atoms with E-state index in [9.17, 15) is 9.59 Å². The van der Waals surface area contributed by atoms with Gasteiger partial charge in [0.05, 0.1) is 31.6 Å². The normalized spacial score (nSPS) is 16.9. The van der Waals surface area contributed by atoms with Gasteiger partial charge in [0, 0.05) is 25.2 Å². The molecule has 1 aromatic rings. The molecule has 2 saturated heterocycles. The molecule has 0 spiro atoms. The van der Waals surface area contributed by atoms with Crippen LogP contribution in [-0.2, 0) is 14.3 Å². The molecule has 0 unspecified atom stereocenters. The molecule has 0 atom stereocenters. The summed E-state index contributed by atoms with van der Waals surface area (Å²) >= 11 is 0. The lowest BCUT2D eigenvalue weighted by Gasteiger charge is -2.29. The first-order valence-electron chi connectivity index (χ1n) is 9.73. The number of amides is 1. The van der Waals surface area contributed by atoms with Crippen molar-refractivity contribution in [1.82, 2.24) is 5.32 Å². The van der Waals surface area contributed by atoms with E-state index in [1.165, 1.54) is 7.11 Å². The number of methoxy groups -OCH3 is 1. The van der Waals surface area contributed by atoms with E-state index in [-0.39, 0.29) is 30.7 Å². The lowest BCUT2D eigenvalue weighted by Crippen LogP contribution is -2.36. The van der Waals surface area contributed by atoms with E-state index >= 15 is 0 Å². The maximum atomic E-state index is 12.4. The van der Waals surface area contributed by atoms with Crippen molar-refractivity contribution in [1.29, 1.82) is 0 Å². The summed E-state index contributed by atoms with van der Waals surface area (Å²) < 4.78 is 10.3. The highest BCUT2D eigenvalue weighted by atomic mass is 35.5. The minimum absolute atomic E-state index is 0. The van der Waals surface area contributed by atoms with Crippen LogP contribution in [0.25, 0.3) is 0 Å². The van der Waals surface area contributed by atoms with Crippen molar-refractivity contribution in [3.8, 4) is 0 Å². The third-order valence-electron chi connectivity index (χ3n) is 5.30. The lowest BCUT2D eigenvalue weighted by atomic mass is 9.93. The van der Waals surface area contributed by atoms with Crippen LogP contribution < -0.4 is 15.5 Å². The van der Waals surface area contributed by atoms with Crippen LogP contribution in [0.2, 0.25) is 0 Å². The molecule has 29 heavy (non-hydrogen) atoms. The number of morpholine rings is 1. The maximum Gasteiger partial charge on any atom is 0.340 e. The highest BCUT2D eigenvalue weighted by Crippen LogP contribution is 2.26. The summed E-state index contributed by atoms with van der Waals surface area (Å²) in [5, 5.41) is 6.23. The second-order valence-electron chi connectivity index (χ2n) is 7.10. The summed E-state index contributed by atoms with van der Waals surface area (Å²) in [5.74, 6) is 0.0948. The van der Waals surface area contributed by atoms with Gasteiger partial charge in [-0.1, -0.05) is 0 Å². The van der Waals surface area contributed by atoms with E-state index < -0.39 is 5.97 Å². The standard InChI is InChI=1S/C20H29N3O4.2ClH/c1-26-20(25)17-14-16(23-10-12-27-13-11-23)3-4-18(17)22-19(24)5-2-15-6-8-21-9-7-15;;/h3-4,14-15,21H,2,5-13H2,1H3,(H,22,24);2*1H. The Hall–Kier alpha value is -1.54. The van der Waals surface area contributed by atoms with Crippen LogP contribution in [-0.4, -0.2) is 58.4 Å². The zero-order valence-electron chi connectivity index (χ0n) is 16.8. The molecule has 9 heteroatoms. The molecular weight excluding hydrogens is 417 g/mol. The molecule has 2 fully saturated rings. The predicted molar refractivity (Wildman–Crippen MR) is 119 cm³/mol. The molecule has 2 aliphatic rings. The number of benzene rings is 1. The number of anilines is 2. The van der Waals surface area contributed by atoms with Crippen LogP contribution in [0.5, 0.6) is 0 Å². The molecule has 2 heterocycles. The van der Waals surface area contributed by atoms with Crippen molar-refractivity contribution in [2.24, 2.45) is 5.92 Å². The fourth-order valence-electron chi connectivity index (χ4n) is 3.66. The molecule has 0 aromatic heterocycles. The molecule has 7 nitrogen and oxygen atoms in total. The van der Waals surface area contributed by atoms with E-state index in [0.29, 0.717) is 36.8 Å². The number of nitrogens with zero attached hydrogens (tertiary/aromatic N) is 1. The Balaban J connectivity index is 0.00000210. The third-order valence-corrected chi connectivity index (χ3v) is 5.30. The Labute approximate surface area is 184 Å². The summed E-state index contributed by atoms with van der Waals surface area (Å²) in [6.07, 6.45) is 3.59. The van der Waals surface area contributed by atoms with Gasteiger partial charge in [-0.25, -0.2) is 4.79 Å². The number of halogens is 2. The van der Waals surface area contributed by atoms with Crippen LogP contribution in [0.15, 0.2) is 18.2 Å². The second kappa shape index (κ2) is 12.9. The largest absolute Gasteiger partial charge is 0.465 e. The Morgan fingerprint density at radius 3 is 2.55 bits per heavy atom. The summed E-state index contributed by atoms with van der Waals surface area (Å²) in [7, 11) is 1.35. The number of esters is 1. The molecule has 0 saturated carbocycles. The minimum atomic E-state index is -0.446. The van der Waals surface area contributed by atoms with Gasteiger partial charge in [0.25, 0.3) is 0 Å². The Bertz CT molecular complexity index is 663. The second-order valence-corrected chi connectivity index (χ2v) is 7.10. The van der Waals surface area contributed by atoms with Crippen molar-refractivity contribution in [2.45, 2.75) is 25.7 Å². The molecule has 1 aromatic carbocycles. The first-order chi connectivity index (χ1) is 13.2. The summed E-state index contributed by atoms with van der Waals surface area (Å²) in [4.78, 5) is 26.8. The third kappa shape index (κ3) is 7.33. The van der Waals surface area contributed by atoms with Gasteiger partial charge < -0.3 is 25.0 Å². The SMILES string of the molecule is COC(=O)c1cc(N2CCOCC2)ccc1NC(=O)CCC1CCNCC1.Cl.Cl. The number of hydrogen-bond donors (Lipinski definition) is 2. The van der Waals surface area contributed by atoms with E-state index in [2.05, 4.69) is 15.5 Å². The van der Waals surface area contributed by atoms with Crippen LogP contribution in [0.4, 0.5) is 11.4 Å². The van der Waals surface area contributed by atoms with E-state index in [0.717, 1.165) is 51.1 Å². The lowest BCUT2D eigenvalue weighted by molar-refractivity contribution is -0.116. The van der Waals surface area contributed by atoms with Crippen molar-refractivity contribution < 1.29 is 19.1 Å². The van der Waals surface area contributed by atoms with Gasteiger partial charge in [0.2, 0.25) is 5.91 Å². The maximum absolute atomic E-state index is 12.4. The molecule has 164 valence electrons. The van der Waals surface area contributed by atoms with Gasteiger partial charge >= 0.3 is 5.97 Å². The monoisotopic (exact) mass is 447 g/mol. The summed E-state index contributed by atoms with van der Waals surface area (Å²) in [6.45, 7) is 4.96. The van der Waals surface area contributed by atoms with Gasteiger partial charge in [-0.2, -0.15) is 0 Å². The molecular formula is C20H31Cl2N3O4. The van der Waals surface area contributed by atoms with Gasteiger partial charge in [0.15, 0.2) is 0 Å². The molecule has 2 N–H and O–H groups in total. The van der Waals surface area contributed by atoms with Crippen LogP contribution >= 0.6 is 24.8 Å². The van der Waals surface area contributed by atoms with Crippen molar-refractivity contribution in [3.63, 3.8) is 0 Å². The van der Waals surface area contributed by atoms with E-state index in [1.54, 1.807) is 12.1 Å². The number of piperidine rings is 1. The predicted octanol–water partition coefficient (Wildman–Crippen LogP) is 2.87. The minimum Gasteiger partial charge on any atom is -0.465 e. The topological polar surface area (TPSA) is 79.9 Å². The van der Waals surface area contributed by atoms with Crippen LogP contribution in [0.1, 0.15) is 36.0 Å². The Morgan fingerprint density at radius 2 is 1.90 bits per heavy atom. The molecule has 0 radical (unpaired) electrons. The summed E-state index contributed by atoms with van der Waals surface area (Å²) in [5.41, 5.74) is 1.83. The first-order valence-corrected chi connectivity index (χ1v) is 9.73. The number of rotatable bonds is 6. The zero-order chi connectivity index (χ0) is 19.1. The zero-order valence-corrected chi connectivity index (χ0v) is 18.4. The Kier molecular flexibility index (Phi) is 11.3. The fourth-order valence-corrected chi connectivity index (χ4v) is 3.66. The number of nitrogens with one attached hydrogen (secondary N) is 2.